The minimum atomic E-state index is -4.54. The van der Waals surface area contributed by atoms with E-state index >= 15 is 0 Å². The van der Waals surface area contributed by atoms with Gasteiger partial charge in [0.05, 0.1) is 11.1 Å². The van der Waals surface area contributed by atoms with Crippen LogP contribution in [-0.4, -0.2) is 15.4 Å². The van der Waals surface area contributed by atoms with Crippen molar-refractivity contribution in [2.24, 2.45) is 0 Å². The zero-order valence-corrected chi connectivity index (χ0v) is 10.6. The lowest BCUT2D eigenvalue weighted by atomic mass is 10.1. The van der Waals surface area contributed by atoms with Crippen molar-refractivity contribution in [1.29, 1.82) is 0 Å². The monoisotopic (exact) mass is 290 g/mol. The highest BCUT2D eigenvalue weighted by Crippen LogP contribution is 2.34. The van der Waals surface area contributed by atoms with Crippen LogP contribution in [0.25, 0.3) is 5.52 Å². The van der Waals surface area contributed by atoms with Gasteiger partial charge in [0.25, 0.3) is 0 Å². The first kappa shape index (κ1) is 13.4. The van der Waals surface area contributed by atoms with E-state index in [1.165, 1.54) is 18.3 Å². The van der Waals surface area contributed by atoms with E-state index in [-0.39, 0.29) is 11.2 Å². The van der Waals surface area contributed by atoms with Crippen molar-refractivity contribution in [2.75, 3.05) is 0 Å². The van der Waals surface area contributed by atoms with Crippen LogP contribution in [0.5, 0.6) is 0 Å². The molecule has 2 aromatic heterocycles. The first-order chi connectivity index (χ1) is 9.98. The van der Waals surface area contributed by atoms with Crippen LogP contribution in [-0.2, 0) is 6.18 Å². The summed E-state index contributed by atoms with van der Waals surface area (Å²) in [6.07, 6.45) is -3.20. The molecule has 106 valence electrons. The number of carbonyl (C=O) groups is 1. The summed E-state index contributed by atoms with van der Waals surface area (Å²) in [7, 11) is 0. The number of carbonyl (C=O) groups excluding carboxylic acids is 1. The molecule has 0 saturated heterocycles. The Labute approximate surface area is 117 Å². The van der Waals surface area contributed by atoms with Crippen LogP contribution in [0.3, 0.4) is 0 Å². The summed E-state index contributed by atoms with van der Waals surface area (Å²) >= 11 is 0. The maximum atomic E-state index is 13.0. The summed E-state index contributed by atoms with van der Waals surface area (Å²) in [6.45, 7) is 0. The Morgan fingerprint density at radius 1 is 1.05 bits per heavy atom. The largest absolute Gasteiger partial charge is 0.418 e. The van der Waals surface area contributed by atoms with Crippen molar-refractivity contribution in [3.63, 3.8) is 0 Å². The molecule has 3 nitrogen and oxygen atoms in total. The highest BCUT2D eigenvalue weighted by atomic mass is 19.4. The van der Waals surface area contributed by atoms with Gasteiger partial charge in [0.2, 0.25) is 5.78 Å². The number of nitrogens with zero attached hydrogens (tertiary/aromatic N) is 2. The van der Waals surface area contributed by atoms with Crippen molar-refractivity contribution < 1.29 is 18.0 Å². The Bertz CT molecular complexity index is 807. The van der Waals surface area contributed by atoms with E-state index in [9.17, 15) is 18.0 Å². The molecule has 3 rings (SSSR count). The number of rotatable bonds is 2. The third-order valence-corrected chi connectivity index (χ3v) is 3.11. The fourth-order valence-corrected chi connectivity index (χ4v) is 2.17. The molecule has 3 aromatic rings. The summed E-state index contributed by atoms with van der Waals surface area (Å²) in [5.41, 5.74) is -0.792. The smallest absolute Gasteiger partial charge is 0.287 e. The summed E-state index contributed by atoms with van der Waals surface area (Å²) < 4.78 is 40.2. The van der Waals surface area contributed by atoms with Crippen molar-refractivity contribution in [3.8, 4) is 0 Å². The number of benzene rings is 1. The maximum absolute atomic E-state index is 13.0. The number of alkyl halides is 3. The molecule has 0 radical (unpaired) electrons. The molecule has 0 spiro atoms. The molecule has 0 atom stereocenters. The first-order valence-electron chi connectivity index (χ1n) is 6.12. The van der Waals surface area contributed by atoms with E-state index in [0.717, 1.165) is 10.6 Å². The molecule has 0 amide bonds. The van der Waals surface area contributed by atoms with Gasteiger partial charge in [0, 0.05) is 11.8 Å². The highest BCUT2D eigenvalue weighted by molar-refractivity contribution is 6.08. The minimum absolute atomic E-state index is 0.107. The number of hydrogen-bond acceptors (Lipinski definition) is 2. The van der Waals surface area contributed by atoms with Crippen molar-refractivity contribution in [1.82, 2.24) is 9.61 Å². The molecule has 0 N–H and O–H groups in total. The fourth-order valence-electron chi connectivity index (χ4n) is 2.17. The molecular formula is C15H9F3N2O. The molecule has 0 saturated carbocycles. The predicted molar refractivity (Wildman–Crippen MR) is 70.1 cm³/mol. The van der Waals surface area contributed by atoms with Crippen LogP contribution >= 0.6 is 0 Å². The normalized spacial score (nSPS) is 11.8. The van der Waals surface area contributed by atoms with Gasteiger partial charge in [0.15, 0.2) is 0 Å². The Kier molecular flexibility index (Phi) is 3.01. The van der Waals surface area contributed by atoms with Crippen LogP contribution in [0.2, 0.25) is 0 Å². The van der Waals surface area contributed by atoms with E-state index < -0.39 is 17.5 Å². The SMILES string of the molecule is O=C(c1ccccc1)c1cc(C(F)(F)F)c2cccnn12. The second-order valence-electron chi connectivity index (χ2n) is 4.46. The standard InChI is InChI=1S/C15H9F3N2O/c16-15(17,18)11-9-13(20-12(11)7-4-8-19-20)14(21)10-5-2-1-3-6-10/h1-9H. The second kappa shape index (κ2) is 4.73. The molecule has 0 aliphatic carbocycles. The summed E-state index contributed by atoms with van der Waals surface area (Å²) in [5.74, 6) is -0.500. The van der Waals surface area contributed by atoms with E-state index in [2.05, 4.69) is 5.10 Å². The fraction of sp³-hybridized carbons (Fsp3) is 0.0667. The number of hydrogen-bond donors (Lipinski definition) is 0. The lowest BCUT2D eigenvalue weighted by Gasteiger charge is -2.03. The Morgan fingerprint density at radius 2 is 1.76 bits per heavy atom. The molecule has 2 heterocycles. The first-order valence-corrected chi connectivity index (χ1v) is 6.12. The zero-order valence-electron chi connectivity index (χ0n) is 10.6. The topological polar surface area (TPSA) is 34.4 Å². The van der Waals surface area contributed by atoms with Gasteiger partial charge in [0.1, 0.15) is 5.69 Å². The maximum Gasteiger partial charge on any atom is 0.418 e. The van der Waals surface area contributed by atoms with Crippen LogP contribution in [0.15, 0.2) is 54.7 Å². The average Bonchev–Trinajstić information content (AvgIpc) is 2.87. The van der Waals surface area contributed by atoms with Gasteiger partial charge in [-0.2, -0.15) is 18.3 Å². The number of fused-ring (bicyclic) bond motifs is 1. The Hall–Kier alpha value is -2.63. The van der Waals surface area contributed by atoms with E-state index in [1.54, 1.807) is 30.3 Å². The third-order valence-electron chi connectivity index (χ3n) is 3.11. The van der Waals surface area contributed by atoms with E-state index in [4.69, 9.17) is 0 Å². The van der Waals surface area contributed by atoms with Gasteiger partial charge < -0.3 is 0 Å². The number of aromatic nitrogens is 2. The lowest BCUT2D eigenvalue weighted by molar-refractivity contribution is -0.136. The molecular weight excluding hydrogens is 281 g/mol. The Balaban J connectivity index is 2.22. The van der Waals surface area contributed by atoms with Gasteiger partial charge in [-0.25, -0.2) is 4.52 Å². The summed E-state index contributed by atoms with van der Waals surface area (Å²) in [5, 5.41) is 3.86. The summed E-state index contributed by atoms with van der Waals surface area (Å²) in [4.78, 5) is 12.4. The molecule has 6 heteroatoms. The molecule has 0 aliphatic rings. The molecule has 0 aliphatic heterocycles. The molecule has 0 unspecified atom stereocenters. The molecule has 0 bridgehead atoms. The van der Waals surface area contributed by atoms with E-state index in [0.29, 0.717) is 5.56 Å². The van der Waals surface area contributed by atoms with Crippen LogP contribution in [0.4, 0.5) is 13.2 Å². The van der Waals surface area contributed by atoms with Crippen LogP contribution in [0.1, 0.15) is 21.6 Å². The van der Waals surface area contributed by atoms with Crippen molar-refractivity contribution >= 4 is 11.3 Å². The molecule has 0 fully saturated rings. The number of ketones is 1. The van der Waals surface area contributed by atoms with Crippen LogP contribution < -0.4 is 0 Å². The predicted octanol–water partition coefficient (Wildman–Crippen LogP) is 3.58. The number of halogens is 3. The van der Waals surface area contributed by atoms with Gasteiger partial charge in [-0.3, -0.25) is 4.79 Å². The third kappa shape index (κ3) is 2.29. The van der Waals surface area contributed by atoms with Crippen molar-refractivity contribution in [3.05, 3.63) is 71.5 Å². The lowest BCUT2D eigenvalue weighted by Crippen LogP contribution is -2.06. The van der Waals surface area contributed by atoms with Crippen LogP contribution in [0, 0.1) is 0 Å². The zero-order chi connectivity index (χ0) is 15.0. The van der Waals surface area contributed by atoms with Crippen molar-refractivity contribution in [2.45, 2.75) is 6.18 Å². The van der Waals surface area contributed by atoms with Gasteiger partial charge in [-0.05, 0) is 18.2 Å². The van der Waals surface area contributed by atoms with Gasteiger partial charge in [-0.1, -0.05) is 30.3 Å². The van der Waals surface area contributed by atoms with Gasteiger partial charge in [-0.15, -0.1) is 0 Å². The van der Waals surface area contributed by atoms with Gasteiger partial charge >= 0.3 is 6.18 Å². The summed E-state index contributed by atoms with van der Waals surface area (Å²) in [6, 6.07) is 11.7. The Morgan fingerprint density at radius 3 is 2.43 bits per heavy atom. The molecule has 21 heavy (non-hydrogen) atoms. The minimum Gasteiger partial charge on any atom is -0.287 e. The van der Waals surface area contributed by atoms with E-state index in [1.807, 2.05) is 0 Å². The second-order valence-corrected chi connectivity index (χ2v) is 4.46. The quantitative estimate of drug-likeness (QED) is 0.676. The average molecular weight is 290 g/mol. The highest BCUT2D eigenvalue weighted by Gasteiger charge is 2.36. The molecule has 1 aromatic carbocycles.